The Balaban J connectivity index is 3.49. The fourth-order valence-electron chi connectivity index (χ4n) is 0.757. The molecule has 0 aliphatic rings. The Labute approximate surface area is 70.3 Å². The third-order valence-electron chi connectivity index (χ3n) is 1.39. The lowest BCUT2D eigenvalue weighted by Crippen LogP contribution is -1.85. The van der Waals surface area contributed by atoms with Crippen LogP contribution in [0.1, 0.15) is 19.8 Å². The molecule has 0 aromatic rings. The molecule has 0 saturated heterocycles. The summed E-state index contributed by atoms with van der Waals surface area (Å²) in [6, 6.07) is 0. The van der Waals surface area contributed by atoms with Gasteiger partial charge in [0.25, 0.3) is 0 Å². The molecule has 0 fully saturated rings. The molecule has 0 aromatic heterocycles. The van der Waals surface area contributed by atoms with Gasteiger partial charge in [0.05, 0.1) is 0 Å². The maximum Gasteiger partial charge on any atom is -0.0172 e. The average Bonchev–Trinajstić information content (AvgIpc) is 2.01. The third-order valence-corrected chi connectivity index (χ3v) is 1.39. The second-order valence-electron chi connectivity index (χ2n) is 2.52. The van der Waals surface area contributed by atoms with Crippen LogP contribution in [0.25, 0.3) is 0 Å². The summed E-state index contributed by atoms with van der Waals surface area (Å²) in [5.41, 5.74) is 0. The van der Waals surface area contributed by atoms with Gasteiger partial charge < -0.3 is 0 Å². The molecule has 0 bridgehead atoms. The van der Waals surface area contributed by atoms with Crippen LogP contribution in [0.5, 0.6) is 0 Å². The van der Waals surface area contributed by atoms with Gasteiger partial charge in [-0.25, -0.2) is 0 Å². The lowest BCUT2D eigenvalue weighted by atomic mass is 10.1. The molecule has 0 aromatic carbocycles. The van der Waals surface area contributed by atoms with E-state index in [1.807, 2.05) is 13.0 Å². The Kier molecular flexibility index (Phi) is 6.81. The first-order valence-corrected chi connectivity index (χ1v) is 4.03. The standard InChI is InChI=1S/C11H17/c1-4-6-8-10-11(3)9-7-5-2/h4-5,7-8,10-11H,1,3,6,9H2,2H3. The van der Waals surface area contributed by atoms with Crippen molar-refractivity contribution in [3.63, 3.8) is 0 Å². The van der Waals surface area contributed by atoms with Crippen LogP contribution in [-0.4, -0.2) is 0 Å². The molecule has 0 amide bonds. The lowest BCUT2D eigenvalue weighted by molar-refractivity contribution is 0.823. The molecule has 0 nitrogen and oxygen atoms in total. The third kappa shape index (κ3) is 7.11. The van der Waals surface area contributed by atoms with E-state index >= 15 is 0 Å². The molecule has 0 saturated carbocycles. The summed E-state index contributed by atoms with van der Waals surface area (Å²) >= 11 is 0. The molecule has 0 aliphatic carbocycles. The van der Waals surface area contributed by atoms with Gasteiger partial charge in [-0.2, -0.15) is 0 Å². The summed E-state index contributed by atoms with van der Waals surface area (Å²) in [5, 5.41) is 0. The van der Waals surface area contributed by atoms with Crippen LogP contribution in [0.4, 0.5) is 0 Å². The highest BCUT2D eigenvalue weighted by Gasteiger charge is 1.90. The topological polar surface area (TPSA) is 0 Å². The summed E-state index contributed by atoms with van der Waals surface area (Å²) in [6.45, 7) is 9.64. The predicted octanol–water partition coefficient (Wildman–Crippen LogP) is 3.54. The van der Waals surface area contributed by atoms with E-state index in [0.717, 1.165) is 12.8 Å². The Morgan fingerprint density at radius 1 is 1.36 bits per heavy atom. The van der Waals surface area contributed by atoms with Gasteiger partial charge in [-0.15, -0.1) is 6.58 Å². The minimum atomic E-state index is 0.408. The molecule has 1 unspecified atom stereocenters. The first kappa shape index (κ1) is 10.2. The number of hydrogen-bond acceptors (Lipinski definition) is 0. The molecule has 0 spiro atoms. The van der Waals surface area contributed by atoms with E-state index in [2.05, 4.69) is 37.8 Å². The molecule has 0 aliphatic heterocycles. The van der Waals surface area contributed by atoms with Crippen LogP contribution in [-0.2, 0) is 0 Å². The maximum absolute atomic E-state index is 3.98. The molecular formula is C11H17. The first-order valence-electron chi connectivity index (χ1n) is 4.03. The summed E-state index contributed by atoms with van der Waals surface area (Å²) in [7, 11) is 0. The average molecular weight is 149 g/mol. The van der Waals surface area contributed by atoms with Crippen LogP contribution in [0, 0.1) is 12.8 Å². The Hall–Kier alpha value is -0.780. The fraction of sp³-hybridized carbons (Fsp3) is 0.364. The normalized spacial score (nSPS) is 14.4. The second kappa shape index (κ2) is 7.33. The van der Waals surface area contributed by atoms with E-state index in [4.69, 9.17) is 0 Å². The zero-order valence-corrected chi connectivity index (χ0v) is 7.29. The molecule has 0 rings (SSSR count). The number of allylic oxidation sites excluding steroid dienone is 5. The van der Waals surface area contributed by atoms with Crippen molar-refractivity contribution in [3.8, 4) is 0 Å². The Morgan fingerprint density at radius 2 is 2.09 bits per heavy atom. The lowest BCUT2D eigenvalue weighted by Gasteiger charge is -1.98. The van der Waals surface area contributed by atoms with Crippen molar-refractivity contribution < 1.29 is 0 Å². The highest BCUT2D eigenvalue weighted by Crippen LogP contribution is 2.04. The minimum absolute atomic E-state index is 0.408. The van der Waals surface area contributed by atoms with Gasteiger partial charge in [0.1, 0.15) is 0 Å². The van der Waals surface area contributed by atoms with E-state index < -0.39 is 0 Å². The van der Waals surface area contributed by atoms with E-state index in [9.17, 15) is 0 Å². The fourth-order valence-corrected chi connectivity index (χ4v) is 0.757. The zero-order valence-electron chi connectivity index (χ0n) is 7.29. The van der Waals surface area contributed by atoms with Crippen molar-refractivity contribution in [1.82, 2.24) is 0 Å². The quantitative estimate of drug-likeness (QED) is 0.524. The highest BCUT2D eigenvalue weighted by molar-refractivity contribution is 4.96. The molecule has 0 N–H and O–H groups in total. The monoisotopic (exact) mass is 149 g/mol. The van der Waals surface area contributed by atoms with Gasteiger partial charge in [0.15, 0.2) is 0 Å². The molecule has 0 heterocycles. The summed E-state index contributed by atoms with van der Waals surface area (Å²) in [6.07, 6.45) is 12.3. The van der Waals surface area contributed by atoms with Crippen LogP contribution < -0.4 is 0 Å². The minimum Gasteiger partial charge on any atom is -0.103 e. The van der Waals surface area contributed by atoms with Crippen LogP contribution in [0.2, 0.25) is 0 Å². The zero-order chi connectivity index (χ0) is 8.53. The summed E-state index contributed by atoms with van der Waals surface area (Å²) in [5.74, 6) is 0.408. The smallest absolute Gasteiger partial charge is 0.0172 e. The molecule has 0 heteroatoms. The van der Waals surface area contributed by atoms with Crippen LogP contribution >= 0.6 is 0 Å². The van der Waals surface area contributed by atoms with Gasteiger partial charge in [0, 0.05) is 0 Å². The highest BCUT2D eigenvalue weighted by atomic mass is 14.0. The second-order valence-corrected chi connectivity index (χ2v) is 2.52. The summed E-state index contributed by atoms with van der Waals surface area (Å²) in [4.78, 5) is 0. The van der Waals surface area contributed by atoms with E-state index in [0.29, 0.717) is 5.92 Å². The van der Waals surface area contributed by atoms with Gasteiger partial charge >= 0.3 is 0 Å². The van der Waals surface area contributed by atoms with Crippen molar-refractivity contribution in [3.05, 3.63) is 43.9 Å². The van der Waals surface area contributed by atoms with E-state index in [-0.39, 0.29) is 0 Å². The van der Waals surface area contributed by atoms with E-state index in [1.165, 1.54) is 0 Å². The molecule has 61 valence electrons. The van der Waals surface area contributed by atoms with Crippen LogP contribution in [0.15, 0.2) is 37.0 Å². The van der Waals surface area contributed by atoms with Gasteiger partial charge in [0.2, 0.25) is 0 Å². The van der Waals surface area contributed by atoms with Crippen molar-refractivity contribution >= 4 is 0 Å². The Morgan fingerprint density at radius 3 is 2.64 bits per heavy atom. The van der Waals surface area contributed by atoms with Gasteiger partial charge in [-0.05, 0) is 32.6 Å². The van der Waals surface area contributed by atoms with Crippen molar-refractivity contribution in [2.75, 3.05) is 0 Å². The van der Waals surface area contributed by atoms with Crippen molar-refractivity contribution in [2.24, 2.45) is 5.92 Å². The maximum atomic E-state index is 3.98. The van der Waals surface area contributed by atoms with Crippen molar-refractivity contribution in [2.45, 2.75) is 19.8 Å². The molecule has 11 heavy (non-hydrogen) atoms. The van der Waals surface area contributed by atoms with Crippen molar-refractivity contribution in [1.29, 1.82) is 0 Å². The van der Waals surface area contributed by atoms with E-state index in [1.54, 1.807) is 0 Å². The largest absolute Gasteiger partial charge is 0.103 e. The Bertz CT molecular complexity index is 140. The first-order chi connectivity index (χ1) is 5.31. The SMILES string of the molecule is [CH2]C(C=CCC=C)CC=CC. The number of rotatable bonds is 5. The van der Waals surface area contributed by atoms with Gasteiger partial charge in [-0.1, -0.05) is 30.4 Å². The summed E-state index contributed by atoms with van der Waals surface area (Å²) < 4.78 is 0. The van der Waals surface area contributed by atoms with Gasteiger partial charge in [-0.3, -0.25) is 0 Å². The molecule has 1 atom stereocenters. The predicted molar refractivity (Wildman–Crippen MR) is 52.2 cm³/mol. The molecule has 1 radical (unpaired) electrons. The molecular weight excluding hydrogens is 132 g/mol. The number of hydrogen-bond donors (Lipinski definition) is 0. The van der Waals surface area contributed by atoms with Crippen LogP contribution in [0.3, 0.4) is 0 Å².